The van der Waals surface area contributed by atoms with E-state index in [1.165, 1.54) is 38.1 Å². The number of rotatable bonds is 5. The van der Waals surface area contributed by atoms with Crippen molar-refractivity contribution in [2.24, 2.45) is 0 Å². The van der Waals surface area contributed by atoms with Crippen LogP contribution in [-0.4, -0.2) is 38.8 Å². The highest BCUT2D eigenvalue weighted by Crippen LogP contribution is 2.36. The maximum absolute atomic E-state index is 13.5. The minimum Gasteiger partial charge on any atom is -0.308 e. The molecule has 1 aromatic rings. The molecule has 21 heavy (non-hydrogen) atoms. The monoisotopic (exact) mass is 315 g/mol. The van der Waals surface area contributed by atoms with Gasteiger partial charge in [0.05, 0.1) is 11.4 Å². The lowest BCUT2D eigenvalue weighted by Crippen LogP contribution is -2.33. The number of benzene rings is 1. The minimum atomic E-state index is -3.78. The molecule has 0 spiro atoms. The van der Waals surface area contributed by atoms with Crippen molar-refractivity contribution < 1.29 is 17.6 Å². The number of carbonyl (C=O) groups excluding carboxylic acids is 1. The van der Waals surface area contributed by atoms with Gasteiger partial charge >= 0.3 is 10.2 Å². The molecule has 0 radical (unpaired) electrons. The van der Waals surface area contributed by atoms with E-state index in [9.17, 15) is 17.6 Å². The second-order valence-electron chi connectivity index (χ2n) is 5.17. The van der Waals surface area contributed by atoms with Crippen LogP contribution in [0.5, 0.6) is 0 Å². The molecule has 6 nitrogen and oxygen atoms in total. The topological polar surface area (TPSA) is 69.7 Å². The predicted molar refractivity (Wildman–Crippen MR) is 78.8 cm³/mol. The van der Waals surface area contributed by atoms with Gasteiger partial charge in [0.1, 0.15) is 5.82 Å². The number of halogens is 1. The van der Waals surface area contributed by atoms with Crippen LogP contribution in [0.4, 0.5) is 15.8 Å². The summed E-state index contributed by atoms with van der Waals surface area (Å²) in [7, 11) is -1.04. The van der Waals surface area contributed by atoms with Crippen molar-refractivity contribution in [2.75, 3.05) is 23.7 Å². The molecule has 116 valence electrons. The first-order valence-corrected chi connectivity index (χ1v) is 7.96. The minimum absolute atomic E-state index is 0.0515. The third-order valence-electron chi connectivity index (χ3n) is 3.19. The Hall–Kier alpha value is -1.67. The number of hydrogen-bond acceptors (Lipinski definition) is 3. The zero-order valence-corrected chi connectivity index (χ0v) is 12.9. The lowest BCUT2D eigenvalue weighted by molar-refractivity contribution is -0.116. The van der Waals surface area contributed by atoms with Crippen molar-refractivity contribution in [1.29, 1.82) is 0 Å². The highest BCUT2D eigenvalue weighted by Gasteiger charge is 2.34. The number of nitrogens with zero attached hydrogens (tertiary/aromatic N) is 2. The molecule has 0 saturated heterocycles. The van der Waals surface area contributed by atoms with Gasteiger partial charge in [-0.2, -0.15) is 12.7 Å². The Bertz CT molecular complexity index is 657. The van der Waals surface area contributed by atoms with Gasteiger partial charge in [-0.3, -0.25) is 9.52 Å². The second-order valence-corrected chi connectivity index (χ2v) is 7.06. The number of anilines is 2. The zero-order valence-electron chi connectivity index (χ0n) is 12.1. The molecule has 0 bridgehead atoms. The molecule has 1 aliphatic rings. The standard InChI is InChI=1S/C13H18FN3O3S/c1-9(18)17(11-5-6-11)13-7-4-10(14)8-12(13)15-21(19,20)16(2)3/h4,7-8,11,15H,5-6H2,1-3H3. The number of nitrogens with one attached hydrogen (secondary N) is 1. The molecule has 0 heterocycles. The summed E-state index contributed by atoms with van der Waals surface area (Å²) in [5.41, 5.74) is 0.433. The van der Waals surface area contributed by atoms with E-state index in [1.54, 1.807) is 0 Å². The first kappa shape index (κ1) is 15.7. The van der Waals surface area contributed by atoms with Gasteiger partial charge in [-0.15, -0.1) is 0 Å². The molecule has 0 unspecified atom stereocenters. The summed E-state index contributed by atoms with van der Waals surface area (Å²) in [6.45, 7) is 1.41. The molecule has 2 rings (SSSR count). The van der Waals surface area contributed by atoms with Crippen molar-refractivity contribution in [1.82, 2.24) is 4.31 Å². The Morgan fingerprint density at radius 3 is 2.43 bits per heavy atom. The van der Waals surface area contributed by atoms with Crippen LogP contribution in [0.25, 0.3) is 0 Å². The molecule has 1 fully saturated rings. The van der Waals surface area contributed by atoms with Crippen LogP contribution in [0, 0.1) is 5.82 Å². The van der Waals surface area contributed by atoms with Gasteiger partial charge in [0.2, 0.25) is 5.91 Å². The molecule has 1 aromatic carbocycles. The summed E-state index contributed by atoms with van der Waals surface area (Å²) in [6.07, 6.45) is 1.72. The Morgan fingerprint density at radius 1 is 1.33 bits per heavy atom. The molecular weight excluding hydrogens is 297 g/mol. The number of carbonyl (C=O) groups is 1. The average molecular weight is 315 g/mol. The average Bonchev–Trinajstić information content (AvgIpc) is 3.15. The van der Waals surface area contributed by atoms with Crippen LogP contribution in [0.1, 0.15) is 19.8 Å². The lowest BCUT2D eigenvalue weighted by Gasteiger charge is -2.25. The largest absolute Gasteiger partial charge is 0.308 e. The summed E-state index contributed by atoms with van der Waals surface area (Å²) in [5.74, 6) is -0.774. The molecule has 0 aromatic heterocycles. The van der Waals surface area contributed by atoms with Gasteiger partial charge in [0, 0.05) is 33.1 Å². The van der Waals surface area contributed by atoms with Crippen molar-refractivity contribution in [2.45, 2.75) is 25.8 Å². The van der Waals surface area contributed by atoms with E-state index in [0.29, 0.717) is 5.69 Å². The van der Waals surface area contributed by atoms with Gasteiger partial charge in [-0.1, -0.05) is 0 Å². The summed E-state index contributed by atoms with van der Waals surface area (Å²) >= 11 is 0. The van der Waals surface area contributed by atoms with Gasteiger partial charge in [-0.25, -0.2) is 4.39 Å². The fourth-order valence-corrected chi connectivity index (χ4v) is 2.61. The molecular formula is C13H18FN3O3S. The number of hydrogen-bond donors (Lipinski definition) is 1. The number of amides is 1. The smallest absolute Gasteiger partial charge is 0.301 e. The SMILES string of the molecule is CC(=O)N(c1ccc(F)cc1NS(=O)(=O)N(C)C)C1CC1. The molecule has 8 heteroatoms. The summed E-state index contributed by atoms with van der Waals surface area (Å²) < 4.78 is 40.6. The summed E-state index contributed by atoms with van der Waals surface area (Å²) in [6, 6.07) is 3.76. The first-order valence-electron chi connectivity index (χ1n) is 6.52. The first-order chi connectivity index (χ1) is 9.72. The van der Waals surface area contributed by atoms with Gasteiger partial charge in [0.15, 0.2) is 0 Å². The van der Waals surface area contributed by atoms with Crippen LogP contribution in [-0.2, 0) is 15.0 Å². The maximum atomic E-state index is 13.5. The third-order valence-corrected chi connectivity index (χ3v) is 4.63. The highest BCUT2D eigenvalue weighted by molar-refractivity contribution is 7.90. The lowest BCUT2D eigenvalue weighted by atomic mass is 10.2. The normalized spacial score (nSPS) is 15.1. The molecule has 1 saturated carbocycles. The fourth-order valence-electron chi connectivity index (χ4n) is 1.99. The van der Waals surface area contributed by atoms with E-state index in [0.717, 1.165) is 23.2 Å². The molecule has 1 amide bonds. The van der Waals surface area contributed by atoms with Crippen LogP contribution in [0.3, 0.4) is 0 Å². The van der Waals surface area contributed by atoms with Crippen LogP contribution in [0.15, 0.2) is 18.2 Å². The van der Waals surface area contributed by atoms with Crippen LogP contribution < -0.4 is 9.62 Å². The van der Waals surface area contributed by atoms with Crippen molar-refractivity contribution in [3.05, 3.63) is 24.0 Å². The Balaban J connectivity index is 2.44. The van der Waals surface area contributed by atoms with Crippen LogP contribution in [0.2, 0.25) is 0 Å². The predicted octanol–water partition coefficient (Wildman–Crippen LogP) is 1.56. The van der Waals surface area contributed by atoms with Crippen molar-refractivity contribution >= 4 is 27.5 Å². The summed E-state index contributed by atoms with van der Waals surface area (Å²) in [5, 5.41) is 0. The Labute approximate surface area is 123 Å². The zero-order chi connectivity index (χ0) is 15.8. The van der Waals surface area contributed by atoms with Crippen molar-refractivity contribution in [3.63, 3.8) is 0 Å². The van der Waals surface area contributed by atoms with Gasteiger partial charge in [-0.05, 0) is 25.0 Å². The van der Waals surface area contributed by atoms with E-state index < -0.39 is 16.0 Å². The van der Waals surface area contributed by atoms with E-state index >= 15 is 0 Å². The molecule has 1 aliphatic carbocycles. The van der Waals surface area contributed by atoms with E-state index in [2.05, 4.69) is 4.72 Å². The molecule has 0 aliphatic heterocycles. The van der Waals surface area contributed by atoms with E-state index in [4.69, 9.17) is 0 Å². The third kappa shape index (κ3) is 3.51. The molecule has 1 N–H and O–H groups in total. The van der Waals surface area contributed by atoms with E-state index in [-0.39, 0.29) is 17.6 Å². The molecule has 0 atom stereocenters. The van der Waals surface area contributed by atoms with Gasteiger partial charge in [0.25, 0.3) is 0 Å². The Kier molecular flexibility index (Phi) is 4.20. The van der Waals surface area contributed by atoms with Crippen LogP contribution >= 0.6 is 0 Å². The van der Waals surface area contributed by atoms with Gasteiger partial charge < -0.3 is 4.90 Å². The fraction of sp³-hybridized carbons (Fsp3) is 0.462. The maximum Gasteiger partial charge on any atom is 0.301 e. The highest BCUT2D eigenvalue weighted by atomic mass is 32.2. The summed E-state index contributed by atoms with van der Waals surface area (Å²) in [4.78, 5) is 13.3. The second kappa shape index (κ2) is 5.61. The Morgan fingerprint density at radius 2 is 1.95 bits per heavy atom. The van der Waals surface area contributed by atoms with Crippen molar-refractivity contribution in [3.8, 4) is 0 Å². The quantitative estimate of drug-likeness (QED) is 0.896. The van der Waals surface area contributed by atoms with E-state index in [1.807, 2.05) is 0 Å².